The summed E-state index contributed by atoms with van der Waals surface area (Å²) in [4.78, 5) is 30.0. The minimum Gasteiger partial charge on any atom is -0.452 e. The summed E-state index contributed by atoms with van der Waals surface area (Å²) in [5.41, 5.74) is 3.64. The van der Waals surface area contributed by atoms with Gasteiger partial charge in [-0.25, -0.2) is 14.5 Å². The Hall–Kier alpha value is -4.71. The number of carbonyl (C=O) groups is 2. The number of nitrogens with one attached hydrogen (secondary N) is 1. The van der Waals surface area contributed by atoms with Crippen LogP contribution in [-0.2, 0) is 9.53 Å². The number of hydrogen-bond donors (Lipinski definition) is 1. The Kier molecular flexibility index (Phi) is 6.97. The largest absolute Gasteiger partial charge is 0.452 e. The van der Waals surface area contributed by atoms with Crippen LogP contribution in [0.15, 0.2) is 60.9 Å². The maximum atomic E-state index is 12.9. The highest BCUT2D eigenvalue weighted by molar-refractivity contribution is 5.96. The van der Waals surface area contributed by atoms with E-state index in [0.29, 0.717) is 22.9 Å². The number of ether oxygens (including phenoxy) is 1. The van der Waals surface area contributed by atoms with Gasteiger partial charge in [-0.1, -0.05) is 38.1 Å². The van der Waals surface area contributed by atoms with Crippen molar-refractivity contribution in [2.75, 3.05) is 11.9 Å². The fourth-order valence-corrected chi connectivity index (χ4v) is 4.07. The molecule has 0 bridgehead atoms. The second kappa shape index (κ2) is 10.3. The summed E-state index contributed by atoms with van der Waals surface area (Å²) in [6.45, 7) is 7.06. The Morgan fingerprint density at radius 1 is 1.11 bits per heavy atom. The molecule has 1 N–H and O–H groups in total. The summed E-state index contributed by atoms with van der Waals surface area (Å²) in [5.74, 6) is -0.357. The van der Waals surface area contributed by atoms with Crippen LogP contribution < -0.4 is 5.32 Å². The number of aromatic nitrogens is 4. The minimum atomic E-state index is -0.664. The molecule has 182 valence electrons. The van der Waals surface area contributed by atoms with Crippen LogP contribution >= 0.6 is 0 Å². The van der Waals surface area contributed by atoms with Gasteiger partial charge in [0.2, 0.25) is 0 Å². The lowest BCUT2D eigenvalue weighted by Gasteiger charge is -2.14. The van der Waals surface area contributed by atoms with Crippen LogP contribution in [0.2, 0.25) is 0 Å². The number of nitriles is 1. The number of anilines is 1. The summed E-state index contributed by atoms with van der Waals surface area (Å²) in [6.07, 6.45) is 3.07. The van der Waals surface area contributed by atoms with E-state index in [1.165, 1.54) is 6.20 Å². The molecule has 9 heteroatoms. The molecule has 1 aromatic carbocycles. The van der Waals surface area contributed by atoms with Gasteiger partial charge in [-0.3, -0.25) is 9.36 Å². The average Bonchev–Trinajstić information content (AvgIpc) is 3.43. The molecule has 0 radical (unpaired) electrons. The number of pyridine rings is 1. The first-order valence-corrected chi connectivity index (χ1v) is 11.5. The van der Waals surface area contributed by atoms with Crippen LogP contribution in [0.1, 0.15) is 52.6 Å². The van der Waals surface area contributed by atoms with Crippen molar-refractivity contribution in [2.24, 2.45) is 0 Å². The lowest BCUT2D eigenvalue weighted by Crippen LogP contribution is -2.23. The Balaban J connectivity index is 1.54. The molecule has 0 unspecified atom stereocenters. The monoisotopic (exact) mass is 482 g/mol. The van der Waals surface area contributed by atoms with Gasteiger partial charge >= 0.3 is 5.97 Å². The zero-order valence-corrected chi connectivity index (χ0v) is 20.5. The van der Waals surface area contributed by atoms with Crippen molar-refractivity contribution in [2.45, 2.75) is 33.6 Å². The van der Waals surface area contributed by atoms with E-state index in [9.17, 15) is 14.9 Å². The number of carbonyl (C=O) groups excluding carboxylic acids is 2. The van der Waals surface area contributed by atoms with Crippen LogP contribution in [0.25, 0.3) is 11.5 Å². The third kappa shape index (κ3) is 4.61. The van der Waals surface area contributed by atoms with E-state index in [2.05, 4.69) is 21.5 Å². The van der Waals surface area contributed by atoms with E-state index < -0.39 is 18.5 Å². The summed E-state index contributed by atoms with van der Waals surface area (Å²) >= 11 is 0. The molecule has 4 aromatic rings. The van der Waals surface area contributed by atoms with Crippen molar-refractivity contribution in [3.8, 4) is 17.6 Å². The van der Waals surface area contributed by atoms with Gasteiger partial charge in [0.05, 0.1) is 17.5 Å². The van der Waals surface area contributed by atoms with E-state index >= 15 is 0 Å². The van der Waals surface area contributed by atoms with Crippen molar-refractivity contribution in [1.82, 2.24) is 19.3 Å². The quantitative estimate of drug-likeness (QED) is 0.389. The summed E-state index contributed by atoms with van der Waals surface area (Å²) in [7, 11) is 0. The smallest absolute Gasteiger partial charge is 0.342 e. The second-order valence-corrected chi connectivity index (χ2v) is 8.54. The highest BCUT2D eigenvalue weighted by Gasteiger charge is 2.24. The van der Waals surface area contributed by atoms with Crippen molar-refractivity contribution in [1.29, 1.82) is 5.26 Å². The highest BCUT2D eigenvalue weighted by atomic mass is 16.5. The molecular formula is C27H26N6O3. The fourth-order valence-electron chi connectivity index (χ4n) is 4.07. The number of nitrogens with zero attached hydrogens (tertiary/aromatic N) is 5. The second-order valence-electron chi connectivity index (χ2n) is 8.54. The molecule has 9 nitrogen and oxygen atoms in total. The van der Waals surface area contributed by atoms with Gasteiger partial charge in [0.25, 0.3) is 5.91 Å². The molecule has 1 amide bonds. The van der Waals surface area contributed by atoms with E-state index in [1.807, 2.05) is 64.1 Å². The van der Waals surface area contributed by atoms with Gasteiger partial charge in [0.15, 0.2) is 12.4 Å². The van der Waals surface area contributed by atoms with Crippen LogP contribution in [0.3, 0.4) is 0 Å². The SMILES string of the molecule is Cc1c(C#N)c(NC(=O)COC(=O)c2cnn(-c3ccccn3)c2C(C)C)n(-c2ccccc2)c1C. The molecule has 3 heterocycles. The van der Waals surface area contributed by atoms with Crippen LogP contribution in [0.5, 0.6) is 0 Å². The predicted molar refractivity (Wildman–Crippen MR) is 134 cm³/mol. The van der Waals surface area contributed by atoms with Crippen molar-refractivity contribution >= 4 is 17.7 Å². The first-order chi connectivity index (χ1) is 17.3. The van der Waals surface area contributed by atoms with Gasteiger partial charge in [0, 0.05) is 17.6 Å². The van der Waals surface area contributed by atoms with E-state index in [-0.39, 0.29) is 11.5 Å². The zero-order valence-electron chi connectivity index (χ0n) is 20.5. The van der Waals surface area contributed by atoms with Gasteiger partial charge < -0.3 is 10.1 Å². The van der Waals surface area contributed by atoms with Gasteiger partial charge in [-0.2, -0.15) is 10.4 Å². The maximum absolute atomic E-state index is 12.9. The Labute approximate surface area is 209 Å². The standard InChI is InChI=1S/C27H26N6O3/c1-17(2)25-22(15-30-33(25)23-12-8-9-13-29-23)27(35)36-16-24(34)31-26-21(14-28)18(3)19(4)32(26)20-10-6-5-7-11-20/h5-13,15,17H,16H2,1-4H3,(H,31,34). The molecule has 0 spiro atoms. The van der Waals surface area contributed by atoms with E-state index in [4.69, 9.17) is 4.74 Å². The van der Waals surface area contributed by atoms with Gasteiger partial charge in [-0.15, -0.1) is 0 Å². The average molecular weight is 483 g/mol. The minimum absolute atomic E-state index is 0.0517. The van der Waals surface area contributed by atoms with Gasteiger partial charge in [0.1, 0.15) is 17.5 Å². The predicted octanol–water partition coefficient (Wildman–Crippen LogP) is 4.47. The number of esters is 1. The maximum Gasteiger partial charge on any atom is 0.342 e. The number of hydrogen-bond acceptors (Lipinski definition) is 6. The van der Waals surface area contributed by atoms with Gasteiger partial charge in [-0.05, 0) is 49.6 Å². The number of amides is 1. The lowest BCUT2D eigenvalue weighted by molar-refractivity contribution is -0.119. The topological polar surface area (TPSA) is 115 Å². The number of para-hydroxylation sites is 1. The van der Waals surface area contributed by atoms with E-state index in [1.54, 1.807) is 27.6 Å². The molecule has 0 fully saturated rings. The first-order valence-electron chi connectivity index (χ1n) is 11.5. The summed E-state index contributed by atoms with van der Waals surface area (Å²) in [5, 5.41) is 16.8. The Morgan fingerprint density at radius 2 is 1.83 bits per heavy atom. The molecule has 0 saturated carbocycles. The summed E-state index contributed by atoms with van der Waals surface area (Å²) < 4.78 is 8.74. The van der Waals surface area contributed by atoms with Crippen molar-refractivity contribution in [3.63, 3.8) is 0 Å². The first kappa shape index (κ1) is 24.4. The van der Waals surface area contributed by atoms with Crippen molar-refractivity contribution in [3.05, 3.63) is 89.0 Å². The molecule has 0 saturated heterocycles. The van der Waals surface area contributed by atoms with Crippen LogP contribution in [0.4, 0.5) is 5.82 Å². The Morgan fingerprint density at radius 3 is 2.47 bits per heavy atom. The number of benzene rings is 1. The lowest BCUT2D eigenvalue weighted by atomic mass is 10.1. The molecule has 3 aromatic heterocycles. The fraction of sp³-hybridized carbons (Fsp3) is 0.222. The molecule has 0 aliphatic carbocycles. The Bertz CT molecular complexity index is 1450. The third-order valence-corrected chi connectivity index (χ3v) is 5.87. The van der Waals surface area contributed by atoms with Crippen LogP contribution in [-0.4, -0.2) is 37.8 Å². The molecule has 0 aliphatic heterocycles. The van der Waals surface area contributed by atoms with Crippen LogP contribution in [0, 0.1) is 25.2 Å². The van der Waals surface area contributed by atoms with Crippen molar-refractivity contribution < 1.29 is 14.3 Å². The molecule has 4 rings (SSSR count). The van der Waals surface area contributed by atoms with E-state index in [0.717, 1.165) is 16.9 Å². The molecule has 36 heavy (non-hydrogen) atoms. The highest BCUT2D eigenvalue weighted by Crippen LogP contribution is 2.30. The number of rotatable bonds is 7. The third-order valence-electron chi connectivity index (χ3n) is 5.87. The molecular weight excluding hydrogens is 456 g/mol. The summed E-state index contributed by atoms with van der Waals surface area (Å²) in [6, 6.07) is 17.0. The zero-order chi connectivity index (χ0) is 25.8. The molecule has 0 aliphatic rings. The molecule has 0 atom stereocenters. The normalized spacial score (nSPS) is 10.8.